The minimum Gasteiger partial charge on any atom is -0.390 e. The Hall–Kier alpha value is -1.41. The van der Waals surface area contributed by atoms with Gasteiger partial charge in [-0.15, -0.1) is 0 Å². The highest BCUT2D eigenvalue weighted by Crippen LogP contribution is 2.44. The maximum absolute atomic E-state index is 11.0. The fraction of sp³-hybridized carbons (Fsp3) is 0.739. The lowest BCUT2D eigenvalue weighted by Gasteiger charge is -2.49. The summed E-state index contributed by atoms with van der Waals surface area (Å²) in [5, 5.41) is 14.9. The van der Waals surface area contributed by atoms with Crippen molar-refractivity contribution < 1.29 is 19.0 Å². The number of rotatable bonds is 10. The fourth-order valence-corrected chi connectivity index (χ4v) is 10.5. The molecule has 0 amide bonds. The third-order valence-corrected chi connectivity index (χ3v) is 12.7. The van der Waals surface area contributed by atoms with Gasteiger partial charge in [0.15, 0.2) is 6.29 Å². The van der Waals surface area contributed by atoms with E-state index in [1.54, 1.807) is 0 Å². The van der Waals surface area contributed by atoms with Gasteiger partial charge in [0.1, 0.15) is 6.10 Å². The Morgan fingerprint density at radius 1 is 1.10 bits per heavy atom. The molecule has 0 radical (unpaired) electrons. The number of ether oxygens (including phenoxy) is 2. The zero-order valence-electron chi connectivity index (χ0n) is 19.9. The minimum atomic E-state index is -2.27. The van der Waals surface area contributed by atoms with Gasteiger partial charge in [0.2, 0.25) is 8.32 Å². The molecule has 2 unspecified atom stereocenters. The SMILES string of the molecule is CC(C)[Si](O[C@@H]1OC(COCc2ccccc2)[C@H](N=[N+]=[N-])[C@H](C)C1O)(C(C)C)C(C)C. The fourth-order valence-electron chi connectivity index (χ4n) is 5.07. The van der Waals surface area contributed by atoms with Crippen molar-refractivity contribution in [3.05, 3.63) is 46.3 Å². The van der Waals surface area contributed by atoms with Crippen LogP contribution in [0.4, 0.5) is 0 Å². The molecule has 5 atom stereocenters. The summed E-state index contributed by atoms with van der Waals surface area (Å²) in [6.45, 7) is 15.8. The molecule has 0 bridgehead atoms. The average molecular weight is 450 g/mol. The van der Waals surface area contributed by atoms with Crippen LogP contribution in [0.5, 0.6) is 0 Å². The Morgan fingerprint density at radius 3 is 2.19 bits per heavy atom. The predicted octanol–water partition coefficient (Wildman–Crippen LogP) is 5.80. The second-order valence-corrected chi connectivity index (χ2v) is 14.9. The maximum atomic E-state index is 11.0. The molecule has 7 nitrogen and oxygen atoms in total. The summed E-state index contributed by atoms with van der Waals surface area (Å²) >= 11 is 0. The van der Waals surface area contributed by atoms with Crippen LogP contribution in [0.15, 0.2) is 35.4 Å². The van der Waals surface area contributed by atoms with Crippen molar-refractivity contribution in [2.75, 3.05) is 6.61 Å². The Bertz CT molecular complexity index is 703. The molecule has 1 N–H and O–H groups in total. The molecule has 0 spiro atoms. The molecule has 0 aromatic heterocycles. The molecular formula is C23H39N3O4Si. The van der Waals surface area contributed by atoms with E-state index in [0.717, 1.165) is 5.56 Å². The van der Waals surface area contributed by atoms with E-state index in [9.17, 15) is 5.11 Å². The molecule has 1 saturated heterocycles. The second-order valence-electron chi connectivity index (χ2n) is 9.52. The van der Waals surface area contributed by atoms with Gasteiger partial charge in [0.25, 0.3) is 0 Å². The molecule has 8 heteroatoms. The monoisotopic (exact) mass is 449 g/mol. The van der Waals surface area contributed by atoms with Crippen LogP contribution >= 0.6 is 0 Å². The van der Waals surface area contributed by atoms with E-state index >= 15 is 0 Å². The van der Waals surface area contributed by atoms with Crippen molar-refractivity contribution >= 4 is 8.32 Å². The quantitative estimate of drug-likeness (QED) is 0.211. The molecular weight excluding hydrogens is 410 g/mol. The molecule has 1 aromatic rings. The zero-order chi connectivity index (χ0) is 23.2. The van der Waals surface area contributed by atoms with Gasteiger partial charge in [0.05, 0.1) is 25.4 Å². The summed E-state index contributed by atoms with van der Waals surface area (Å²) in [7, 11) is -2.27. The van der Waals surface area contributed by atoms with Crippen LogP contribution in [-0.4, -0.2) is 44.6 Å². The van der Waals surface area contributed by atoms with Gasteiger partial charge >= 0.3 is 0 Å². The first-order valence-corrected chi connectivity index (χ1v) is 13.5. The summed E-state index contributed by atoms with van der Waals surface area (Å²) in [5.74, 6) is -0.307. The molecule has 2 rings (SSSR count). The summed E-state index contributed by atoms with van der Waals surface area (Å²) in [6.07, 6.45) is -2.12. The third-order valence-electron chi connectivity index (χ3n) is 6.65. The predicted molar refractivity (Wildman–Crippen MR) is 125 cm³/mol. The number of nitrogens with zero attached hydrogens (tertiary/aromatic N) is 3. The number of benzene rings is 1. The first kappa shape index (κ1) is 25.8. The number of aliphatic hydroxyl groups excluding tert-OH is 1. The molecule has 1 fully saturated rings. The minimum absolute atomic E-state index is 0.259. The van der Waals surface area contributed by atoms with E-state index in [1.807, 2.05) is 37.3 Å². The lowest BCUT2D eigenvalue weighted by molar-refractivity contribution is -0.240. The Balaban J connectivity index is 2.21. The van der Waals surface area contributed by atoms with E-state index in [1.165, 1.54) is 0 Å². The summed E-state index contributed by atoms with van der Waals surface area (Å²) in [6, 6.07) is 9.37. The normalized spacial score (nSPS) is 27.0. The van der Waals surface area contributed by atoms with Gasteiger partial charge in [-0.2, -0.15) is 0 Å². The van der Waals surface area contributed by atoms with E-state index in [4.69, 9.17) is 19.4 Å². The lowest BCUT2D eigenvalue weighted by atomic mass is 9.89. The van der Waals surface area contributed by atoms with Gasteiger partial charge in [-0.05, 0) is 33.6 Å². The molecule has 0 saturated carbocycles. The Morgan fingerprint density at radius 2 is 1.68 bits per heavy atom. The second kappa shape index (κ2) is 11.5. The van der Waals surface area contributed by atoms with Crippen LogP contribution < -0.4 is 0 Å². The first-order valence-electron chi connectivity index (χ1n) is 11.3. The van der Waals surface area contributed by atoms with Gasteiger partial charge in [-0.1, -0.05) is 83.9 Å². The number of hydrogen-bond donors (Lipinski definition) is 1. The first-order chi connectivity index (χ1) is 14.6. The van der Waals surface area contributed by atoms with Crippen molar-refractivity contribution in [2.24, 2.45) is 11.0 Å². The van der Waals surface area contributed by atoms with Crippen LogP contribution in [-0.2, 0) is 20.5 Å². The number of hydrogen-bond acceptors (Lipinski definition) is 5. The van der Waals surface area contributed by atoms with Crippen LogP contribution in [0.2, 0.25) is 16.6 Å². The Kier molecular flexibility index (Phi) is 9.55. The van der Waals surface area contributed by atoms with Gasteiger partial charge in [0, 0.05) is 4.91 Å². The maximum Gasteiger partial charge on any atom is 0.203 e. The highest BCUT2D eigenvalue weighted by Gasteiger charge is 2.51. The standard InChI is InChI=1S/C23H39N3O4Si/c1-15(2)31(16(3)4,17(5)6)30-23-22(27)18(7)21(25-26-24)20(29-23)14-28-13-19-11-9-8-10-12-19/h8-12,15-18,20-23,27H,13-14H2,1-7H3/t18-,20?,21+,22?,23-/m0/s1. The highest BCUT2D eigenvalue weighted by atomic mass is 28.4. The number of azide groups is 1. The van der Waals surface area contributed by atoms with Crippen molar-refractivity contribution in [1.29, 1.82) is 0 Å². The summed E-state index contributed by atoms with van der Waals surface area (Å²) in [4.78, 5) is 2.99. The Labute approximate surface area is 187 Å². The van der Waals surface area contributed by atoms with Crippen molar-refractivity contribution in [1.82, 2.24) is 0 Å². The average Bonchev–Trinajstić information content (AvgIpc) is 2.72. The van der Waals surface area contributed by atoms with Gasteiger partial charge in [-0.3, -0.25) is 0 Å². The van der Waals surface area contributed by atoms with Crippen LogP contribution in [0, 0.1) is 5.92 Å². The van der Waals surface area contributed by atoms with Gasteiger partial charge in [-0.25, -0.2) is 0 Å². The van der Waals surface area contributed by atoms with Gasteiger partial charge < -0.3 is 19.0 Å². The smallest absolute Gasteiger partial charge is 0.203 e. The summed E-state index contributed by atoms with van der Waals surface area (Å²) < 4.78 is 18.9. The lowest BCUT2D eigenvalue weighted by Crippen LogP contribution is -2.60. The van der Waals surface area contributed by atoms with Crippen LogP contribution in [0.3, 0.4) is 0 Å². The molecule has 1 aromatic carbocycles. The van der Waals surface area contributed by atoms with E-state index in [2.05, 4.69) is 51.6 Å². The van der Waals surface area contributed by atoms with E-state index in [0.29, 0.717) is 23.2 Å². The summed E-state index contributed by atoms with van der Waals surface area (Å²) in [5.41, 5.74) is 11.2. The number of aliphatic hydroxyl groups is 1. The van der Waals surface area contributed by atoms with Crippen LogP contribution in [0.25, 0.3) is 10.4 Å². The van der Waals surface area contributed by atoms with Crippen molar-refractivity contribution in [3.63, 3.8) is 0 Å². The molecule has 1 aliphatic rings. The van der Waals surface area contributed by atoms with E-state index < -0.39 is 32.9 Å². The van der Waals surface area contributed by atoms with Crippen molar-refractivity contribution in [3.8, 4) is 0 Å². The molecule has 1 heterocycles. The zero-order valence-corrected chi connectivity index (χ0v) is 20.9. The highest BCUT2D eigenvalue weighted by molar-refractivity contribution is 6.77. The third kappa shape index (κ3) is 5.89. The topological polar surface area (TPSA) is 96.7 Å². The molecule has 1 aliphatic heterocycles. The van der Waals surface area contributed by atoms with E-state index in [-0.39, 0.29) is 12.5 Å². The van der Waals surface area contributed by atoms with Crippen molar-refractivity contribution in [2.45, 2.75) is 96.2 Å². The molecule has 31 heavy (non-hydrogen) atoms. The largest absolute Gasteiger partial charge is 0.390 e. The molecule has 0 aliphatic carbocycles. The van der Waals surface area contributed by atoms with Crippen LogP contribution in [0.1, 0.15) is 54.0 Å². The molecule has 174 valence electrons.